The second-order valence-corrected chi connectivity index (χ2v) is 7.23. The number of hydrogen-bond acceptors (Lipinski definition) is 5. The topological polar surface area (TPSA) is 57.7 Å². The summed E-state index contributed by atoms with van der Waals surface area (Å²) in [4.78, 5) is 15.7. The Kier molecular flexibility index (Phi) is 9.42. The van der Waals surface area contributed by atoms with E-state index in [9.17, 15) is 4.79 Å². The SMILES string of the molecule is O=C(OCCCCCCCCOc1ccc(Oc2ccccc2)cc1)c1cccnc1. The minimum Gasteiger partial charge on any atom is -0.494 e. The van der Waals surface area contributed by atoms with E-state index in [0.717, 1.165) is 55.8 Å². The van der Waals surface area contributed by atoms with Crippen LogP contribution in [0.4, 0.5) is 0 Å². The molecule has 31 heavy (non-hydrogen) atoms. The lowest BCUT2D eigenvalue weighted by molar-refractivity contribution is 0.0497. The Labute approximate surface area is 184 Å². The quantitative estimate of drug-likeness (QED) is 0.235. The van der Waals surface area contributed by atoms with Gasteiger partial charge in [0.05, 0.1) is 18.8 Å². The van der Waals surface area contributed by atoms with Gasteiger partial charge in [0.1, 0.15) is 17.2 Å². The number of para-hydroxylation sites is 1. The minimum atomic E-state index is -0.301. The summed E-state index contributed by atoms with van der Waals surface area (Å²) in [6.07, 6.45) is 9.56. The van der Waals surface area contributed by atoms with Gasteiger partial charge in [0.15, 0.2) is 0 Å². The van der Waals surface area contributed by atoms with Gasteiger partial charge in [0.25, 0.3) is 0 Å². The standard InChI is InChI=1S/C26H29NO4/c28-26(22-11-10-18-27-21-22)30-20-9-4-2-1-3-8-19-29-23-14-16-25(17-15-23)31-24-12-6-5-7-13-24/h5-7,10-18,21H,1-4,8-9,19-20H2. The zero-order valence-corrected chi connectivity index (χ0v) is 17.7. The Morgan fingerprint density at radius 3 is 2.03 bits per heavy atom. The molecule has 2 aromatic carbocycles. The first-order valence-electron chi connectivity index (χ1n) is 10.8. The van der Waals surface area contributed by atoms with Crippen LogP contribution in [-0.4, -0.2) is 24.2 Å². The van der Waals surface area contributed by atoms with Crippen molar-refractivity contribution >= 4 is 5.97 Å². The van der Waals surface area contributed by atoms with E-state index in [1.807, 2.05) is 54.6 Å². The van der Waals surface area contributed by atoms with Gasteiger partial charge in [-0.1, -0.05) is 43.9 Å². The van der Waals surface area contributed by atoms with Crippen LogP contribution in [-0.2, 0) is 4.74 Å². The molecule has 1 heterocycles. The van der Waals surface area contributed by atoms with Gasteiger partial charge in [0, 0.05) is 12.4 Å². The van der Waals surface area contributed by atoms with Crippen LogP contribution >= 0.6 is 0 Å². The highest BCUT2D eigenvalue weighted by Crippen LogP contribution is 2.23. The van der Waals surface area contributed by atoms with Gasteiger partial charge < -0.3 is 14.2 Å². The smallest absolute Gasteiger partial charge is 0.339 e. The van der Waals surface area contributed by atoms with E-state index in [1.165, 1.54) is 6.20 Å². The highest BCUT2D eigenvalue weighted by atomic mass is 16.5. The second-order valence-electron chi connectivity index (χ2n) is 7.23. The van der Waals surface area contributed by atoms with E-state index >= 15 is 0 Å². The average molecular weight is 420 g/mol. The van der Waals surface area contributed by atoms with Gasteiger partial charge in [-0.3, -0.25) is 4.98 Å². The van der Waals surface area contributed by atoms with Gasteiger partial charge in [0.2, 0.25) is 0 Å². The summed E-state index contributed by atoms with van der Waals surface area (Å²) in [6.45, 7) is 1.17. The van der Waals surface area contributed by atoms with Crippen LogP contribution in [0.25, 0.3) is 0 Å². The van der Waals surface area contributed by atoms with Crippen molar-refractivity contribution in [2.24, 2.45) is 0 Å². The summed E-state index contributed by atoms with van der Waals surface area (Å²) >= 11 is 0. The predicted octanol–water partition coefficient (Wildman–Crippen LogP) is 6.45. The van der Waals surface area contributed by atoms with Crippen LogP contribution < -0.4 is 9.47 Å². The summed E-state index contributed by atoms with van der Waals surface area (Å²) in [5.41, 5.74) is 0.501. The number of benzene rings is 2. The molecule has 0 saturated heterocycles. The Hall–Kier alpha value is -3.34. The van der Waals surface area contributed by atoms with Crippen molar-refractivity contribution in [1.29, 1.82) is 0 Å². The third kappa shape index (κ3) is 8.51. The number of carbonyl (C=O) groups excluding carboxylic acids is 1. The molecule has 0 aliphatic heterocycles. The van der Waals surface area contributed by atoms with Crippen molar-refractivity contribution in [3.05, 3.63) is 84.7 Å². The normalized spacial score (nSPS) is 10.5. The van der Waals surface area contributed by atoms with Gasteiger partial charge in [-0.25, -0.2) is 4.79 Å². The van der Waals surface area contributed by atoms with Crippen molar-refractivity contribution in [1.82, 2.24) is 4.98 Å². The highest BCUT2D eigenvalue weighted by molar-refractivity contribution is 5.88. The van der Waals surface area contributed by atoms with E-state index in [0.29, 0.717) is 18.8 Å². The fourth-order valence-electron chi connectivity index (χ4n) is 3.06. The number of unbranched alkanes of at least 4 members (excludes halogenated alkanes) is 5. The molecule has 5 heteroatoms. The number of pyridine rings is 1. The largest absolute Gasteiger partial charge is 0.494 e. The lowest BCUT2D eigenvalue weighted by atomic mass is 10.1. The zero-order chi connectivity index (χ0) is 21.6. The van der Waals surface area contributed by atoms with Crippen molar-refractivity contribution in [2.45, 2.75) is 38.5 Å². The molecular formula is C26H29NO4. The van der Waals surface area contributed by atoms with Crippen LogP contribution in [0.5, 0.6) is 17.2 Å². The first kappa shape index (κ1) is 22.3. The molecule has 0 aliphatic carbocycles. The van der Waals surface area contributed by atoms with E-state index in [4.69, 9.17) is 14.2 Å². The average Bonchev–Trinajstić information content (AvgIpc) is 2.82. The first-order valence-corrected chi connectivity index (χ1v) is 10.8. The molecule has 0 amide bonds. The van der Waals surface area contributed by atoms with Crippen LogP contribution in [0.1, 0.15) is 48.9 Å². The molecule has 3 aromatic rings. The summed E-state index contributed by atoms with van der Waals surface area (Å²) in [7, 11) is 0. The third-order valence-electron chi connectivity index (χ3n) is 4.74. The zero-order valence-electron chi connectivity index (χ0n) is 17.7. The van der Waals surface area contributed by atoms with Gasteiger partial charge in [-0.2, -0.15) is 0 Å². The van der Waals surface area contributed by atoms with E-state index < -0.39 is 0 Å². The second kappa shape index (κ2) is 13.1. The van der Waals surface area contributed by atoms with Gasteiger partial charge in [-0.05, 0) is 61.4 Å². The van der Waals surface area contributed by atoms with Crippen molar-refractivity contribution in [3.63, 3.8) is 0 Å². The number of rotatable bonds is 13. The van der Waals surface area contributed by atoms with Crippen LogP contribution in [0.15, 0.2) is 79.1 Å². The number of carbonyl (C=O) groups is 1. The molecule has 5 nitrogen and oxygen atoms in total. The summed E-state index contributed by atoms with van der Waals surface area (Å²) in [5.74, 6) is 2.17. The third-order valence-corrected chi connectivity index (χ3v) is 4.74. The number of esters is 1. The molecule has 162 valence electrons. The Balaban J connectivity index is 1.18. The fourth-order valence-corrected chi connectivity index (χ4v) is 3.06. The lowest BCUT2D eigenvalue weighted by Gasteiger charge is -2.08. The maximum Gasteiger partial charge on any atom is 0.339 e. The summed E-state index contributed by atoms with van der Waals surface area (Å²) in [5, 5.41) is 0. The molecule has 0 atom stereocenters. The molecule has 0 unspecified atom stereocenters. The predicted molar refractivity (Wildman–Crippen MR) is 121 cm³/mol. The monoisotopic (exact) mass is 419 g/mol. The van der Waals surface area contributed by atoms with Crippen LogP contribution in [0.2, 0.25) is 0 Å². The molecule has 0 radical (unpaired) electrons. The molecular weight excluding hydrogens is 390 g/mol. The fraction of sp³-hybridized carbons (Fsp3) is 0.308. The molecule has 1 aromatic heterocycles. The molecule has 3 rings (SSSR count). The molecule has 0 fully saturated rings. The van der Waals surface area contributed by atoms with Crippen molar-refractivity contribution in [2.75, 3.05) is 13.2 Å². The Bertz CT molecular complexity index is 882. The maximum absolute atomic E-state index is 11.8. The lowest BCUT2D eigenvalue weighted by Crippen LogP contribution is -2.06. The molecule has 0 saturated carbocycles. The Morgan fingerprint density at radius 2 is 1.32 bits per heavy atom. The minimum absolute atomic E-state index is 0.301. The number of ether oxygens (including phenoxy) is 3. The first-order chi connectivity index (χ1) is 15.3. The molecule has 0 bridgehead atoms. The van der Waals surface area contributed by atoms with Crippen LogP contribution in [0.3, 0.4) is 0 Å². The van der Waals surface area contributed by atoms with Gasteiger partial charge in [-0.15, -0.1) is 0 Å². The van der Waals surface area contributed by atoms with Crippen LogP contribution in [0, 0.1) is 0 Å². The van der Waals surface area contributed by atoms with E-state index in [2.05, 4.69) is 4.98 Å². The van der Waals surface area contributed by atoms with Crippen molar-refractivity contribution in [3.8, 4) is 17.2 Å². The molecule has 0 spiro atoms. The summed E-state index contributed by atoms with van der Waals surface area (Å²) < 4.78 is 16.8. The number of hydrogen-bond donors (Lipinski definition) is 0. The van der Waals surface area contributed by atoms with E-state index in [1.54, 1.807) is 18.3 Å². The molecule has 0 aliphatic rings. The Morgan fingerprint density at radius 1 is 0.677 bits per heavy atom. The molecule has 0 N–H and O–H groups in total. The maximum atomic E-state index is 11.8. The number of aromatic nitrogens is 1. The van der Waals surface area contributed by atoms with Gasteiger partial charge >= 0.3 is 5.97 Å². The van der Waals surface area contributed by atoms with Crippen molar-refractivity contribution < 1.29 is 19.0 Å². The highest BCUT2D eigenvalue weighted by Gasteiger charge is 2.05. The summed E-state index contributed by atoms with van der Waals surface area (Å²) in [6, 6.07) is 20.9. The van der Waals surface area contributed by atoms with E-state index in [-0.39, 0.29) is 5.97 Å². The number of nitrogens with zero attached hydrogens (tertiary/aromatic N) is 1.